The molecular formula is C13H20N4O3. The Hall–Kier alpha value is -2.05. The molecule has 1 saturated carbocycles. The summed E-state index contributed by atoms with van der Waals surface area (Å²) in [5.74, 6) is -1.08. The Kier molecular flexibility index (Phi) is 4.26. The zero-order valence-electron chi connectivity index (χ0n) is 11.7. The van der Waals surface area contributed by atoms with Gasteiger partial charge in [0.2, 0.25) is 0 Å². The second-order valence-electron chi connectivity index (χ2n) is 5.09. The van der Waals surface area contributed by atoms with Crippen LogP contribution in [0, 0.1) is 0 Å². The van der Waals surface area contributed by atoms with E-state index in [9.17, 15) is 14.7 Å². The number of carboxylic acid groups (broad SMARTS) is 1. The molecule has 2 rings (SSSR count). The minimum Gasteiger partial charge on any atom is -0.479 e. The molecule has 2 N–H and O–H groups in total. The minimum absolute atomic E-state index is 0.262. The fraction of sp³-hybridized carbons (Fsp3) is 0.615. The SMILES string of the molecule is CCCN(C(=O)NC(C(=O)O)c1cnn(C)c1)C1CC1. The molecule has 0 radical (unpaired) electrons. The van der Waals surface area contributed by atoms with Gasteiger partial charge in [-0.3, -0.25) is 4.68 Å². The van der Waals surface area contributed by atoms with Gasteiger partial charge in [-0.15, -0.1) is 0 Å². The summed E-state index contributed by atoms with van der Waals surface area (Å²) < 4.78 is 1.52. The Labute approximate surface area is 117 Å². The van der Waals surface area contributed by atoms with Gasteiger partial charge in [0.05, 0.1) is 6.20 Å². The Morgan fingerprint density at radius 3 is 2.75 bits per heavy atom. The number of aryl methyl sites for hydroxylation is 1. The molecule has 1 aromatic heterocycles. The monoisotopic (exact) mass is 280 g/mol. The fourth-order valence-electron chi connectivity index (χ4n) is 2.16. The largest absolute Gasteiger partial charge is 0.479 e. The molecule has 0 spiro atoms. The third-order valence-electron chi connectivity index (χ3n) is 3.29. The third-order valence-corrected chi connectivity index (χ3v) is 3.29. The molecular weight excluding hydrogens is 260 g/mol. The molecule has 20 heavy (non-hydrogen) atoms. The van der Waals surface area contributed by atoms with Crippen LogP contribution in [0.1, 0.15) is 37.8 Å². The number of hydrogen-bond acceptors (Lipinski definition) is 3. The lowest BCUT2D eigenvalue weighted by Crippen LogP contribution is -2.45. The molecule has 7 nitrogen and oxygen atoms in total. The van der Waals surface area contributed by atoms with Crippen LogP contribution in [-0.4, -0.2) is 44.4 Å². The van der Waals surface area contributed by atoms with E-state index in [1.54, 1.807) is 18.1 Å². The van der Waals surface area contributed by atoms with Crippen molar-refractivity contribution in [1.82, 2.24) is 20.0 Å². The van der Waals surface area contributed by atoms with Crippen molar-refractivity contribution in [3.8, 4) is 0 Å². The predicted molar refractivity (Wildman–Crippen MR) is 72.1 cm³/mol. The summed E-state index contributed by atoms with van der Waals surface area (Å²) in [4.78, 5) is 25.3. The van der Waals surface area contributed by atoms with Crippen LogP contribution in [-0.2, 0) is 11.8 Å². The lowest BCUT2D eigenvalue weighted by molar-refractivity contribution is -0.139. The van der Waals surface area contributed by atoms with Gasteiger partial charge < -0.3 is 15.3 Å². The van der Waals surface area contributed by atoms with Crippen LogP contribution in [0.25, 0.3) is 0 Å². The highest BCUT2D eigenvalue weighted by molar-refractivity contribution is 5.83. The standard InChI is InChI=1S/C13H20N4O3/c1-3-6-17(10-4-5-10)13(20)15-11(12(18)19)9-7-14-16(2)8-9/h7-8,10-11H,3-6H2,1-2H3,(H,15,20)(H,18,19). The van der Waals surface area contributed by atoms with Crippen LogP contribution in [0.3, 0.4) is 0 Å². The van der Waals surface area contributed by atoms with Crippen LogP contribution >= 0.6 is 0 Å². The number of carbonyl (C=O) groups is 2. The number of nitrogens with one attached hydrogen (secondary N) is 1. The van der Waals surface area contributed by atoms with E-state index < -0.39 is 12.0 Å². The van der Waals surface area contributed by atoms with E-state index in [-0.39, 0.29) is 12.1 Å². The first-order chi connectivity index (χ1) is 9.52. The molecule has 1 atom stereocenters. The molecule has 110 valence electrons. The minimum atomic E-state index is -1.08. The lowest BCUT2D eigenvalue weighted by Gasteiger charge is -2.24. The number of amides is 2. The highest BCUT2D eigenvalue weighted by Gasteiger charge is 2.34. The molecule has 1 unspecified atom stereocenters. The smallest absolute Gasteiger partial charge is 0.331 e. The average molecular weight is 280 g/mol. The van der Waals surface area contributed by atoms with Crippen molar-refractivity contribution >= 4 is 12.0 Å². The van der Waals surface area contributed by atoms with Crippen molar-refractivity contribution in [1.29, 1.82) is 0 Å². The van der Waals surface area contributed by atoms with Gasteiger partial charge in [-0.05, 0) is 19.3 Å². The molecule has 1 heterocycles. The van der Waals surface area contributed by atoms with Crippen LogP contribution < -0.4 is 5.32 Å². The summed E-state index contributed by atoms with van der Waals surface area (Å²) in [5, 5.41) is 15.8. The van der Waals surface area contributed by atoms with Gasteiger partial charge in [0.25, 0.3) is 0 Å². The quantitative estimate of drug-likeness (QED) is 0.817. The molecule has 0 saturated heterocycles. The summed E-state index contributed by atoms with van der Waals surface area (Å²) in [6, 6.07) is -1.11. The summed E-state index contributed by atoms with van der Waals surface area (Å²) in [5.41, 5.74) is 0.473. The second kappa shape index (κ2) is 5.94. The lowest BCUT2D eigenvalue weighted by atomic mass is 10.1. The van der Waals surface area contributed by atoms with Crippen molar-refractivity contribution in [2.75, 3.05) is 6.54 Å². The number of nitrogens with zero attached hydrogens (tertiary/aromatic N) is 3. The third kappa shape index (κ3) is 3.28. The topological polar surface area (TPSA) is 87.5 Å². The van der Waals surface area contributed by atoms with Crippen LogP contribution in [0.5, 0.6) is 0 Å². The molecule has 1 aliphatic rings. The van der Waals surface area contributed by atoms with Crippen LogP contribution in [0.15, 0.2) is 12.4 Å². The Bertz CT molecular complexity index is 496. The summed E-state index contributed by atoms with van der Waals surface area (Å²) >= 11 is 0. The highest BCUT2D eigenvalue weighted by atomic mass is 16.4. The van der Waals surface area contributed by atoms with Crippen molar-refractivity contribution in [3.05, 3.63) is 18.0 Å². The van der Waals surface area contributed by atoms with Gasteiger partial charge in [-0.2, -0.15) is 5.10 Å². The highest BCUT2D eigenvalue weighted by Crippen LogP contribution is 2.27. The number of aromatic nitrogens is 2. The van der Waals surface area contributed by atoms with E-state index in [2.05, 4.69) is 10.4 Å². The van der Waals surface area contributed by atoms with E-state index in [1.165, 1.54) is 10.9 Å². The molecule has 0 aromatic carbocycles. The zero-order valence-corrected chi connectivity index (χ0v) is 11.7. The summed E-state index contributed by atoms with van der Waals surface area (Å²) in [6.07, 6.45) is 5.91. The van der Waals surface area contributed by atoms with E-state index >= 15 is 0 Å². The molecule has 1 aliphatic carbocycles. The van der Waals surface area contributed by atoms with Gasteiger partial charge in [0, 0.05) is 31.4 Å². The van der Waals surface area contributed by atoms with Crippen molar-refractivity contribution in [2.24, 2.45) is 7.05 Å². The Morgan fingerprint density at radius 1 is 1.60 bits per heavy atom. The second-order valence-corrected chi connectivity index (χ2v) is 5.09. The number of hydrogen-bond donors (Lipinski definition) is 2. The van der Waals surface area contributed by atoms with E-state index in [0.717, 1.165) is 19.3 Å². The first kappa shape index (κ1) is 14.4. The number of carboxylic acids is 1. The maximum Gasteiger partial charge on any atom is 0.331 e. The molecule has 0 bridgehead atoms. The van der Waals surface area contributed by atoms with E-state index in [1.807, 2.05) is 6.92 Å². The Morgan fingerprint density at radius 2 is 2.30 bits per heavy atom. The number of urea groups is 1. The van der Waals surface area contributed by atoms with Gasteiger partial charge in [-0.25, -0.2) is 9.59 Å². The van der Waals surface area contributed by atoms with Crippen molar-refractivity contribution < 1.29 is 14.7 Å². The number of carbonyl (C=O) groups excluding carboxylic acids is 1. The first-order valence-electron chi connectivity index (χ1n) is 6.81. The van der Waals surface area contributed by atoms with E-state index in [4.69, 9.17) is 0 Å². The van der Waals surface area contributed by atoms with Crippen molar-refractivity contribution in [2.45, 2.75) is 38.3 Å². The molecule has 1 aromatic rings. The van der Waals surface area contributed by atoms with Gasteiger partial charge in [-0.1, -0.05) is 6.92 Å². The zero-order chi connectivity index (χ0) is 14.7. The van der Waals surface area contributed by atoms with Gasteiger partial charge in [0.1, 0.15) is 0 Å². The van der Waals surface area contributed by atoms with Gasteiger partial charge >= 0.3 is 12.0 Å². The Balaban J connectivity index is 2.07. The maximum atomic E-state index is 12.2. The van der Waals surface area contributed by atoms with Gasteiger partial charge in [0.15, 0.2) is 6.04 Å². The predicted octanol–water partition coefficient (Wildman–Crippen LogP) is 1.13. The number of rotatable bonds is 6. The summed E-state index contributed by atoms with van der Waals surface area (Å²) in [7, 11) is 1.71. The first-order valence-corrected chi connectivity index (χ1v) is 6.81. The van der Waals surface area contributed by atoms with E-state index in [0.29, 0.717) is 12.1 Å². The number of aliphatic carboxylic acids is 1. The normalized spacial score (nSPS) is 15.7. The molecule has 2 amide bonds. The average Bonchev–Trinajstić information content (AvgIpc) is 3.14. The maximum absolute atomic E-state index is 12.2. The van der Waals surface area contributed by atoms with Crippen molar-refractivity contribution in [3.63, 3.8) is 0 Å². The summed E-state index contributed by atoms with van der Waals surface area (Å²) in [6.45, 7) is 2.65. The molecule has 7 heteroatoms. The van der Waals surface area contributed by atoms with Crippen LogP contribution in [0.2, 0.25) is 0 Å². The van der Waals surface area contributed by atoms with Crippen LogP contribution in [0.4, 0.5) is 4.79 Å². The fourth-order valence-corrected chi connectivity index (χ4v) is 2.16. The molecule has 1 fully saturated rings. The molecule has 0 aliphatic heterocycles.